The van der Waals surface area contributed by atoms with Gasteiger partial charge in [0.05, 0.1) is 0 Å². The minimum absolute atomic E-state index is 0.132. The van der Waals surface area contributed by atoms with Crippen molar-refractivity contribution in [2.24, 2.45) is 0 Å². The molecule has 0 aliphatic heterocycles. The van der Waals surface area contributed by atoms with Crippen LogP contribution in [-0.4, -0.2) is 13.6 Å². The van der Waals surface area contributed by atoms with E-state index in [-0.39, 0.29) is 5.82 Å². The molecule has 0 fully saturated rings. The Morgan fingerprint density at radius 3 is 2.67 bits per heavy atom. The van der Waals surface area contributed by atoms with Gasteiger partial charge in [0.25, 0.3) is 0 Å². The Bertz CT molecular complexity index is 271. The summed E-state index contributed by atoms with van der Waals surface area (Å²) in [6, 6.07) is 5.16. The summed E-state index contributed by atoms with van der Waals surface area (Å²) in [7, 11) is 1.96. The first-order valence-corrected chi connectivity index (χ1v) is 4.13. The van der Waals surface area contributed by atoms with Crippen LogP contribution in [-0.2, 0) is 0 Å². The van der Waals surface area contributed by atoms with Gasteiger partial charge in [0.15, 0.2) is 0 Å². The maximum Gasteiger partial charge on any atom is 0.128 e. The van der Waals surface area contributed by atoms with E-state index in [1.165, 1.54) is 6.07 Å². The lowest BCUT2D eigenvalue weighted by atomic mass is 10.2. The molecule has 0 bridgehead atoms. The average molecular weight is 167 g/mol. The van der Waals surface area contributed by atoms with Gasteiger partial charge in [0.1, 0.15) is 5.82 Å². The second-order valence-corrected chi connectivity index (χ2v) is 2.90. The van der Waals surface area contributed by atoms with Crippen LogP contribution in [0, 0.1) is 12.7 Å². The summed E-state index contributed by atoms with van der Waals surface area (Å²) in [5.41, 5.74) is 1.69. The molecule has 0 amide bonds. The van der Waals surface area contributed by atoms with Gasteiger partial charge in [-0.15, -0.1) is 0 Å². The molecular formula is C10H14FN. The standard InChI is InChI=1S/C10H14FN/c1-4-12(3)10-7-5-6-9(11)8(10)2/h5-7H,4H2,1-3H3. The summed E-state index contributed by atoms with van der Waals surface area (Å²) in [4.78, 5) is 2.03. The summed E-state index contributed by atoms with van der Waals surface area (Å²) in [5.74, 6) is -0.132. The first-order valence-electron chi connectivity index (χ1n) is 4.13. The first-order chi connectivity index (χ1) is 5.66. The molecule has 0 aromatic heterocycles. The van der Waals surface area contributed by atoms with Gasteiger partial charge in [0.2, 0.25) is 0 Å². The molecule has 1 rings (SSSR count). The van der Waals surface area contributed by atoms with Gasteiger partial charge >= 0.3 is 0 Å². The van der Waals surface area contributed by atoms with Gasteiger partial charge in [0, 0.05) is 24.8 Å². The molecule has 2 heteroatoms. The van der Waals surface area contributed by atoms with Gasteiger partial charge in [-0.1, -0.05) is 6.07 Å². The summed E-state index contributed by atoms with van der Waals surface area (Å²) >= 11 is 0. The zero-order valence-electron chi connectivity index (χ0n) is 7.76. The third-order valence-corrected chi connectivity index (χ3v) is 2.12. The van der Waals surface area contributed by atoms with Crippen LogP contribution in [0.1, 0.15) is 12.5 Å². The van der Waals surface area contributed by atoms with E-state index in [0.29, 0.717) is 0 Å². The van der Waals surface area contributed by atoms with Crippen LogP contribution < -0.4 is 4.90 Å². The fourth-order valence-corrected chi connectivity index (χ4v) is 1.18. The first kappa shape index (κ1) is 9.04. The Labute approximate surface area is 72.8 Å². The highest BCUT2D eigenvalue weighted by Gasteiger charge is 2.05. The molecule has 12 heavy (non-hydrogen) atoms. The lowest BCUT2D eigenvalue weighted by Gasteiger charge is -2.19. The van der Waals surface area contributed by atoms with E-state index >= 15 is 0 Å². The van der Waals surface area contributed by atoms with Crippen LogP contribution in [0.5, 0.6) is 0 Å². The zero-order valence-corrected chi connectivity index (χ0v) is 7.76. The van der Waals surface area contributed by atoms with Gasteiger partial charge in [-0.05, 0) is 26.0 Å². The molecule has 1 aromatic rings. The number of halogens is 1. The molecule has 0 radical (unpaired) electrons. The molecule has 1 aromatic carbocycles. The van der Waals surface area contributed by atoms with Crippen molar-refractivity contribution in [1.82, 2.24) is 0 Å². The number of hydrogen-bond acceptors (Lipinski definition) is 1. The topological polar surface area (TPSA) is 3.24 Å². The highest BCUT2D eigenvalue weighted by atomic mass is 19.1. The lowest BCUT2D eigenvalue weighted by molar-refractivity contribution is 0.618. The van der Waals surface area contributed by atoms with Crippen molar-refractivity contribution in [2.45, 2.75) is 13.8 Å². The predicted molar refractivity (Wildman–Crippen MR) is 50.1 cm³/mol. The van der Waals surface area contributed by atoms with Gasteiger partial charge in [-0.25, -0.2) is 4.39 Å². The van der Waals surface area contributed by atoms with Gasteiger partial charge in [-0.3, -0.25) is 0 Å². The van der Waals surface area contributed by atoms with Crippen LogP contribution >= 0.6 is 0 Å². The van der Waals surface area contributed by atoms with Gasteiger partial charge < -0.3 is 4.90 Å². The lowest BCUT2D eigenvalue weighted by Crippen LogP contribution is -2.17. The second-order valence-electron chi connectivity index (χ2n) is 2.90. The zero-order chi connectivity index (χ0) is 9.14. The second kappa shape index (κ2) is 3.57. The third kappa shape index (κ3) is 1.58. The fraction of sp³-hybridized carbons (Fsp3) is 0.400. The molecule has 66 valence electrons. The van der Waals surface area contributed by atoms with Crippen molar-refractivity contribution < 1.29 is 4.39 Å². The number of hydrogen-bond donors (Lipinski definition) is 0. The van der Waals surface area contributed by atoms with E-state index < -0.39 is 0 Å². The minimum atomic E-state index is -0.132. The summed E-state index contributed by atoms with van der Waals surface area (Å²) in [5, 5.41) is 0. The molecule has 0 unspecified atom stereocenters. The third-order valence-electron chi connectivity index (χ3n) is 2.12. The van der Waals surface area contributed by atoms with Crippen molar-refractivity contribution >= 4 is 5.69 Å². The Morgan fingerprint density at radius 1 is 1.42 bits per heavy atom. The highest BCUT2D eigenvalue weighted by molar-refractivity contribution is 5.52. The Morgan fingerprint density at radius 2 is 2.08 bits per heavy atom. The SMILES string of the molecule is CCN(C)c1cccc(F)c1C. The summed E-state index contributed by atoms with van der Waals surface area (Å²) in [6.45, 7) is 4.74. The van der Waals surface area contributed by atoms with E-state index in [0.717, 1.165) is 17.8 Å². The van der Waals surface area contributed by atoms with E-state index in [1.54, 1.807) is 13.0 Å². The van der Waals surface area contributed by atoms with Crippen molar-refractivity contribution in [3.05, 3.63) is 29.6 Å². The Kier molecular flexibility index (Phi) is 2.69. The van der Waals surface area contributed by atoms with Gasteiger partial charge in [-0.2, -0.15) is 0 Å². The molecule has 1 nitrogen and oxygen atoms in total. The van der Waals surface area contributed by atoms with E-state index in [1.807, 2.05) is 24.9 Å². The van der Waals surface area contributed by atoms with Crippen molar-refractivity contribution in [2.75, 3.05) is 18.5 Å². The molecule has 0 atom stereocenters. The predicted octanol–water partition coefficient (Wildman–Crippen LogP) is 2.59. The van der Waals surface area contributed by atoms with Crippen LogP contribution in [0.3, 0.4) is 0 Å². The molecule has 0 spiro atoms. The Hall–Kier alpha value is -1.05. The summed E-state index contributed by atoms with van der Waals surface area (Å²) < 4.78 is 13.0. The quantitative estimate of drug-likeness (QED) is 0.654. The highest BCUT2D eigenvalue weighted by Crippen LogP contribution is 2.20. The molecule has 0 heterocycles. The number of nitrogens with zero attached hydrogens (tertiary/aromatic N) is 1. The molecule has 0 aliphatic carbocycles. The maximum atomic E-state index is 13.0. The van der Waals surface area contributed by atoms with Crippen LogP contribution in [0.25, 0.3) is 0 Å². The van der Waals surface area contributed by atoms with Crippen LogP contribution in [0.2, 0.25) is 0 Å². The largest absolute Gasteiger partial charge is 0.375 e. The van der Waals surface area contributed by atoms with Crippen LogP contribution in [0.4, 0.5) is 10.1 Å². The molecule has 0 aliphatic rings. The molecule has 0 N–H and O–H groups in total. The molecular weight excluding hydrogens is 153 g/mol. The number of benzene rings is 1. The molecule has 0 saturated heterocycles. The number of anilines is 1. The van der Waals surface area contributed by atoms with E-state index in [2.05, 4.69) is 0 Å². The minimum Gasteiger partial charge on any atom is -0.375 e. The number of rotatable bonds is 2. The monoisotopic (exact) mass is 167 g/mol. The normalized spacial score (nSPS) is 10.0. The average Bonchev–Trinajstić information content (AvgIpc) is 2.08. The molecule has 0 saturated carbocycles. The maximum absolute atomic E-state index is 13.0. The van der Waals surface area contributed by atoms with Crippen LogP contribution in [0.15, 0.2) is 18.2 Å². The fourth-order valence-electron chi connectivity index (χ4n) is 1.18. The van der Waals surface area contributed by atoms with Crippen molar-refractivity contribution in [3.63, 3.8) is 0 Å². The van der Waals surface area contributed by atoms with E-state index in [9.17, 15) is 4.39 Å². The van der Waals surface area contributed by atoms with E-state index in [4.69, 9.17) is 0 Å². The summed E-state index contributed by atoms with van der Waals surface area (Å²) in [6.07, 6.45) is 0. The Balaban J connectivity index is 3.07. The van der Waals surface area contributed by atoms with Crippen molar-refractivity contribution in [1.29, 1.82) is 0 Å². The van der Waals surface area contributed by atoms with Crippen molar-refractivity contribution in [3.8, 4) is 0 Å². The smallest absolute Gasteiger partial charge is 0.128 e.